The van der Waals surface area contributed by atoms with Crippen molar-refractivity contribution >= 4 is 11.6 Å². The minimum absolute atomic E-state index is 0.256. The Kier molecular flexibility index (Phi) is 4.38. The maximum absolute atomic E-state index is 12.0. The summed E-state index contributed by atoms with van der Waals surface area (Å²) < 4.78 is 10.6. The van der Waals surface area contributed by atoms with Crippen LogP contribution in [0.1, 0.15) is 21.8 Å². The number of hydrogen-bond donors (Lipinski definition) is 1. The highest BCUT2D eigenvalue weighted by atomic mass is 16.5. The van der Waals surface area contributed by atoms with Gasteiger partial charge in [0.15, 0.2) is 5.69 Å². The Hall–Kier alpha value is -3.08. The largest absolute Gasteiger partial charge is 0.489 e. The number of benzene rings is 2. The van der Waals surface area contributed by atoms with Crippen molar-refractivity contribution in [2.45, 2.75) is 13.5 Å². The minimum atomic E-state index is -0.306. The summed E-state index contributed by atoms with van der Waals surface area (Å²) >= 11 is 0. The maximum Gasteiger partial charge on any atom is 0.277 e. The molecule has 0 saturated carbocycles. The summed E-state index contributed by atoms with van der Waals surface area (Å²) in [6, 6.07) is 18.7. The lowest BCUT2D eigenvalue weighted by molar-refractivity contribution is 0.101. The lowest BCUT2D eigenvalue weighted by Gasteiger charge is -2.08. The topological polar surface area (TPSA) is 64.4 Å². The number of ether oxygens (including phenoxy) is 1. The van der Waals surface area contributed by atoms with Crippen molar-refractivity contribution in [1.29, 1.82) is 0 Å². The SMILES string of the molecule is Cc1cc(C(=O)Nc2ccc(OCc3ccccc3)cc2)no1. The summed E-state index contributed by atoms with van der Waals surface area (Å²) in [5, 5.41) is 6.44. The van der Waals surface area contributed by atoms with Gasteiger partial charge < -0.3 is 14.6 Å². The molecule has 1 heterocycles. The molecule has 5 heteroatoms. The van der Waals surface area contributed by atoms with Crippen LogP contribution in [0.2, 0.25) is 0 Å². The molecule has 0 radical (unpaired) electrons. The predicted molar refractivity (Wildman–Crippen MR) is 86.4 cm³/mol. The summed E-state index contributed by atoms with van der Waals surface area (Å²) in [6.07, 6.45) is 0. The molecule has 1 N–H and O–H groups in total. The van der Waals surface area contributed by atoms with E-state index in [2.05, 4.69) is 10.5 Å². The van der Waals surface area contributed by atoms with Crippen LogP contribution in [0.3, 0.4) is 0 Å². The van der Waals surface area contributed by atoms with Gasteiger partial charge in [0.1, 0.15) is 18.1 Å². The average Bonchev–Trinajstić information content (AvgIpc) is 3.02. The molecular weight excluding hydrogens is 292 g/mol. The van der Waals surface area contributed by atoms with Crippen LogP contribution in [0.5, 0.6) is 5.75 Å². The van der Waals surface area contributed by atoms with Crippen LogP contribution in [0, 0.1) is 6.92 Å². The van der Waals surface area contributed by atoms with Crippen molar-refractivity contribution in [2.24, 2.45) is 0 Å². The first-order valence-corrected chi connectivity index (χ1v) is 7.22. The molecule has 116 valence electrons. The first kappa shape index (κ1) is 14.8. The highest BCUT2D eigenvalue weighted by Gasteiger charge is 2.10. The molecule has 0 fully saturated rings. The number of aromatic nitrogens is 1. The first-order chi connectivity index (χ1) is 11.2. The van der Waals surface area contributed by atoms with Crippen molar-refractivity contribution in [1.82, 2.24) is 5.16 Å². The van der Waals surface area contributed by atoms with E-state index < -0.39 is 0 Å². The van der Waals surface area contributed by atoms with E-state index in [0.29, 0.717) is 18.1 Å². The molecule has 1 aromatic heterocycles. The van der Waals surface area contributed by atoms with Crippen molar-refractivity contribution in [3.8, 4) is 5.75 Å². The molecule has 0 aliphatic carbocycles. The average molecular weight is 308 g/mol. The van der Waals surface area contributed by atoms with E-state index in [9.17, 15) is 4.79 Å². The molecule has 0 bridgehead atoms. The highest BCUT2D eigenvalue weighted by molar-refractivity contribution is 6.02. The zero-order valence-electron chi connectivity index (χ0n) is 12.7. The maximum atomic E-state index is 12.0. The Bertz CT molecular complexity index is 780. The number of nitrogens with zero attached hydrogens (tertiary/aromatic N) is 1. The molecule has 23 heavy (non-hydrogen) atoms. The summed E-state index contributed by atoms with van der Waals surface area (Å²) in [7, 11) is 0. The molecule has 3 aromatic rings. The van der Waals surface area contributed by atoms with Crippen LogP contribution in [0.4, 0.5) is 5.69 Å². The Labute approximate surface area is 133 Å². The Balaban J connectivity index is 1.57. The summed E-state index contributed by atoms with van der Waals surface area (Å²) in [4.78, 5) is 12.0. The van der Waals surface area contributed by atoms with Crippen LogP contribution in [-0.4, -0.2) is 11.1 Å². The van der Waals surface area contributed by atoms with Crippen LogP contribution < -0.4 is 10.1 Å². The first-order valence-electron chi connectivity index (χ1n) is 7.22. The summed E-state index contributed by atoms with van der Waals surface area (Å²) in [5.41, 5.74) is 2.03. The third-order valence-electron chi connectivity index (χ3n) is 3.22. The number of amides is 1. The molecule has 0 saturated heterocycles. The second-order valence-corrected chi connectivity index (χ2v) is 5.08. The summed E-state index contributed by atoms with van der Waals surface area (Å²) in [6.45, 7) is 2.24. The minimum Gasteiger partial charge on any atom is -0.489 e. The van der Waals surface area contributed by atoms with E-state index in [1.165, 1.54) is 0 Å². The molecule has 0 aliphatic rings. The third-order valence-corrected chi connectivity index (χ3v) is 3.22. The second-order valence-electron chi connectivity index (χ2n) is 5.08. The Morgan fingerprint density at radius 3 is 2.52 bits per heavy atom. The molecule has 2 aromatic carbocycles. The number of hydrogen-bond acceptors (Lipinski definition) is 4. The molecular formula is C18H16N2O3. The zero-order chi connectivity index (χ0) is 16.1. The number of aryl methyl sites for hydroxylation is 1. The van der Waals surface area contributed by atoms with E-state index in [-0.39, 0.29) is 11.6 Å². The number of carbonyl (C=O) groups excluding carboxylic acids is 1. The van der Waals surface area contributed by atoms with Crippen LogP contribution >= 0.6 is 0 Å². The van der Waals surface area contributed by atoms with Gasteiger partial charge in [0.2, 0.25) is 0 Å². The van der Waals surface area contributed by atoms with E-state index in [0.717, 1.165) is 11.3 Å². The van der Waals surface area contributed by atoms with Crippen molar-refractivity contribution in [3.63, 3.8) is 0 Å². The van der Waals surface area contributed by atoms with Crippen molar-refractivity contribution in [2.75, 3.05) is 5.32 Å². The molecule has 0 unspecified atom stereocenters. The Morgan fingerprint density at radius 1 is 1.13 bits per heavy atom. The molecule has 5 nitrogen and oxygen atoms in total. The third kappa shape index (κ3) is 3.97. The smallest absolute Gasteiger partial charge is 0.277 e. The quantitative estimate of drug-likeness (QED) is 0.778. The number of rotatable bonds is 5. The van der Waals surface area contributed by atoms with Crippen LogP contribution in [0.15, 0.2) is 65.2 Å². The van der Waals surface area contributed by atoms with Gasteiger partial charge in [-0.05, 0) is 36.8 Å². The zero-order valence-corrected chi connectivity index (χ0v) is 12.7. The highest BCUT2D eigenvalue weighted by Crippen LogP contribution is 2.17. The molecule has 0 atom stereocenters. The normalized spacial score (nSPS) is 10.3. The van der Waals surface area contributed by atoms with Crippen LogP contribution in [-0.2, 0) is 6.61 Å². The van der Waals surface area contributed by atoms with Gasteiger partial charge in [-0.1, -0.05) is 35.5 Å². The van der Waals surface area contributed by atoms with Crippen molar-refractivity contribution < 1.29 is 14.1 Å². The van der Waals surface area contributed by atoms with Gasteiger partial charge in [0.25, 0.3) is 5.91 Å². The van der Waals surface area contributed by atoms with E-state index in [1.54, 1.807) is 25.1 Å². The fraction of sp³-hybridized carbons (Fsp3) is 0.111. The van der Waals surface area contributed by atoms with Gasteiger partial charge in [-0.15, -0.1) is 0 Å². The number of carbonyl (C=O) groups is 1. The van der Waals surface area contributed by atoms with E-state index in [4.69, 9.17) is 9.26 Å². The van der Waals surface area contributed by atoms with E-state index >= 15 is 0 Å². The lowest BCUT2D eigenvalue weighted by Crippen LogP contribution is -2.12. The number of anilines is 1. The lowest BCUT2D eigenvalue weighted by atomic mass is 10.2. The molecule has 1 amide bonds. The van der Waals surface area contributed by atoms with Gasteiger partial charge in [-0.25, -0.2) is 0 Å². The monoisotopic (exact) mass is 308 g/mol. The van der Waals surface area contributed by atoms with Gasteiger partial charge in [-0.2, -0.15) is 0 Å². The molecule has 0 spiro atoms. The standard InChI is InChI=1S/C18H16N2O3/c1-13-11-17(20-23-13)18(21)19-15-7-9-16(10-8-15)22-12-14-5-3-2-4-6-14/h2-11H,12H2,1H3,(H,19,21). The second kappa shape index (κ2) is 6.79. The van der Waals surface area contributed by atoms with Gasteiger partial charge in [-0.3, -0.25) is 4.79 Å². The molecule has 0 aliphatic heterocycles. The van der Waals surface area contributed by atoms with Crippen molar-refractivity contribution in [3.05, 3.63) is 77.7 Å². The van der Waals surface area contributed by atoms with Gasteiger partial charge >= 0.3 is 0 Å². The number of nitrogens with one attached hydrogen (secondary N) is 1. The Morgan fingerprint density at radius 2 is 1.87 bits per heavy atom. The molecule has 3 rings (SSSR count). The predicted octanol–water partition coefficient (Wildman–Crippen LogP) is 3.81. The van der Waals surface area contributed by atoms with Gasteiger partial charge in [0, 0.05) is 11.8 Å². The fourth-order valence-corrected chi connectivity index (χ4v) is 2.04. The van der Waals surface area contributed by atoms with Crippen LogP contribution in [0.25, 0.3) is 0 Å². The summed E-state index contributed by atoms with van der Waals surface area (Å²) in [5.74, 6) is 1.03. The fourth-order valence-electron chi connectivity index (χ4n) is 2.04. The van der Waals surface area contributed by atoms with Gasteiger partial charge in [0.05, 0.1) is 0 Å². The van der Waals surface area contributed by atoms with E-state index in [1.807, 2.05) is 42.5 Å².